The van der Waals surface area contributed by atoms with Crippen LogP contribution in [0.5, 0.6) is 0 Å². The van der Waals surface area contributed by atoms with Crippen molar-refractivity contribution in [1.29, 1.82) is 0 Å². The van der Waals surface area contributed by atoms with E-state index < -0.39 is 0 Å². The minimum absolute atomic E-state index is 0.0135. The number of anilines is 1. The number of piperidine rings is 1. The van der Waals surface area contributed by atoms with Gasteiger partial charge in [-0.05, 0) is 30.5 Å². The average molecular weight is 270 g/mol. The van der Waals surface area contributed by atoms with Gasteiger partial charge in [-0.25, -0.2) is 0 Å². The van der Waals surface area contributed by atoms with Crippen LogP contribution in [0.2, 0.25) is 5.02 Å². The van der Waals surface area contributed by atoms with Gasteiger partial charge in [0.05, 0.1) is 12.7 Å². The van der Waals surface area contributed by atoms with Crippen LogP contribution in [0, 0.1) is 5.92 Å². The Kier molecular flexibility index (Phi) is 4.49. The molecule has 2 atom stereocenters. The predicted octanol–water partition coefficient (Wildman–Crippen LogP) is 2.69. The van der Waals surface area contributed by atoms with Crippen LogP contribution in [0.1, 0.15) is 18.9 Å². The van der Waals surface area contributed by atoms with Gasteiger partial charge in [0.25, 0.3) is 0 Å². The fraction of sp³-hybridized carbons (Fsp3) is 0.571. The van der Waals surface area contributed by atoms with Crippen LogP contribution < -0.4 is 4.90 Å². The SMILES string of the molecule is COC1CN(c2ccc(Cl)cc2CO)CCC1C. The summed E-state index contributed by atoms with van der Waals surface area (Å²) < 4.78 is 5.52. The van der Waals surface area contributed by atoms with E-state index in [0.717, 1.165) is 30.8 Å². The first-order valence-electron chi connectivity index (χ1n) is 6.32. The molecular weight excluding hydrogens is 250 g/mol. The molecule has 0 amide bonds. The van der Waals surface area contributed by atoms with Crippen molar-refractivity contribution in [3.05, 3.63) is 28.8 Å². The second kappa shape index (κ2) is 5.91. The van der Waals surface area contributed by atoms with Crippen molar-refractivity contribution in [1.82, 2.24) is 0 Å². The molecule has 4 heteroatoms. The third kappa shape index (κ3) is 2.79. The number of hydrogen-bond acceptors (Lipinski definition) is 3. The van der Waals surface area contributed by atoms with E-state index in [0.29, 0.717) is 10.9 Å². The lowest BCUT2D eigenvalue weighted by atomic mass is 9.95. The van der Waals surface area contributed by atoms with E-state index in [9.17, 15) is 5.11 Å². The second-order valence-corrected chi connectivity index (χ2v) is 5.35. The molecule has 100 valence electrons. The van der Waals surface area contributed by atoms with E-state index in [2.05, 4.69) is 11.8 Å². The van der Waals surface area contributed by atoms with Crippen molar-refractivity contribution in [3.63, 3.8) is 0 Å². The number of nitrogens with zero attached hydrogens (tertiary/aromatic N) is 1. The van der Waals surface area contributed by atoms with Crippen LogP contribution in [-0.2, 0) is 11.3 Å². The first-order valence-corrected chi connectivity index (χ1v) is 6.70. The number of methoxy groups -OCH3 is 1. The predicted molar refractivity (Wildman–Crippen MR) is 74.2 cm³/mol. The number of rotatable bonds is 3. The van der Waals surface area contributed by atoms with Gasteiger partial charge in [-0.3, -0.25) is 0 Å². The lowest BCUT2D eigenvalue weighted by Gasteiger charge is -2.38. The summed E-state index contributed by atoms with van der Waals surface area (Å²) in [5, 5.41) is 10.1. The molecule has 1 aliphatic rings. The molecule has 1 aromatic carbocycles. The molecule has 18 heavy (non-hydrogen) atoms. The Bertz CT molecular complexity index is 411. The number of aliphatic hydroxyl groups excluding tert-OH is 1. The summed E-state index contributed by atoms with van der Waals surface area (Å²) in [4.78, 5) is 2.27. The van der Waals surface area contributed by atoms with Crippen LogP contribution in [0.3, 0.4) is 0 Å². The van der Waals surface area contributed by atoms with Gasteiger partial charge in [-0.2, -0.15) is 0 Å². The Hall–Kier alpha value is -0.770. The highest BCUT2D eigenvalue weighted by Crippen LogP contribution is 2.29. The van der Waals surface area contributed by atoms with Crippen molar-refractivity contribution in [2.24, 2.45) is 5.92 Å². The summed E-state index contributed by atoms with van der Waals surface area (Å²) in [6, 6.07) is 5.68. The van der Waals surface area contributed by atoms with Crippen molar-refractivity contribution in [2.45, 2.75) is 26.1 Å². The van der Waals surface area contributed by atoms with Crippen molar-refractivity contribution in [2.75, 3.05) is 25.1 Å². The Morgan fingerprint density at radius 2 is 2.28 bits per heavy atom. The standard InChI is InChI=1S/C14H20ClNO2/c1-10-5-6-16(8-14(10)18-2)13-4-3-12(15)7-11(13)9-17/h3-4,7,10,14,17H,5-6,8-9H2,1-2H3. The molecule has 1 fully saturated rings. The molecule has 0 saturated carbocycles. The van der Waals surface area contributed by atoms with E-state index in [1.165, 1.54) is 0 Å². The van der Waals surface area contributed by atoms with Crippen molar-refractivity contribution in [3.8, 4) is 0 Å². The third-order valence-electron chi connectivity index (χ3n) is 3.74. The zero-order valence-electron chi connectivity index (χ0n) is 10.9. The fourth-order valence-electron chi connectivity index (χ4n) is 2.55. The Balaban J connectivity index is 2.21. The molecule has 1 N–H and O–H groups in total. The molecule has 1 aromatic rings. The lowest BCUT2D eigenvalue weighted by Crippen LogP contribution is -2.44. The van der Waals surface area contributed by atoms with E-state index in [1.807, 2.05) is 18.2 Å². The molecule has 1 saturated heterocycles. The molecule has 2 unspecified atom stereocenters. The molecule has 2 rings (SSSR count). The highest BCUT2D eigenvalue weighted by Gasteiger charge is 2.27. The van der Waals surface area contributed by atoms with Crippen LogP contribution in [0.25, 0.3) is 0 Å². The fourth-order valence-corrected chi connectivity index (χ4v) is 2.74. The van der Waals surface area contributed by atoms with Gasteiger partial charge in [0.15, 0.2) is 0 Å². The third-order valence-corrected chi connectivity index (χ3v) is 3.98. The summed E-state index contributed by atoms with van der Waals surface area (Å²) in [7, 11) is 1.76. The molecule has 0 aromatic heterocycles. The molecule has 0 bridgehead atoms. The topological polar surface area (TPSA) is 32.7 Å². The maximum atomic E-state index is 9.43. The highest BCUT2D eigenvalue weighted by atomic mass is 35.5. The summed E-state index contributed by atoms with van der Waals surface area (Å²) in [6.07, 6.45) is 1.35. The molecule has 1 aliphatic heterocycles. The lowest BCUT2D eigenvalue weighted by molar-refractivity contribution is 0.0497. The van der Waals surface area contributed by atoms with Gasteiger partial charge in [0.2, 0.25) is 0 Å². The first kappa shape index (κ1) is 13.7. The zero-order chi connectivity index (χ0) is 13.1. The number of aliphatic hydroxyl groups is 1. The second-order valence-electron chi connectivity index (χ2n) is 4.92. The first-order chi connectivity index (χ1) is 8.65. The number of benzene rings is 1. The van der Waals surface area contributed by atoms with Crippen molar-refractivity contribution < 1.29 is 9.84 Å². The van der Waals surface area contributed by atoms with Gasteiger partial charge < -0.3 is 14.7 Å². The maximum Gasteiger partial charge on any atom is 0.0772 e. The Labute approximate surface area is 113 Å². The van der Waals surface area contributed by atoms with E-state index in [-0.39, 0.29) is 12.7 Å². The quantitative estimate of drug-likeness (QED) is 0.916. The zero-order valence-corrected chi connectivity index (χ0v) is 11.7. The largest absolute Gasteiger partial charge is 0.392 e. The van der Waals surface area contributed by atoms with Gasteiger partial charge in [-0.1, -0.05) is 18.5 Å². The Morgan fingerprint density at radius 1 is 1.50 bits per heavy atom. The molecule has 0 aliphatic carbocycles. The number of halogens is 1. The molecule has 0 spiro atoms. The van der Waals surface area contributed by atoms with Crippen LogP contribution in [-0.4, -0.2) is 31.4 Å². The van der Waals surface area contributed by atoms with Gasteiger partial charge in [-0.15, -0.1) is 0 Å². The van der Waals surface area contributed by atoms with E-state index in [1.54, 1.807) is 7.11 Å². The summed E-state index contributed by atoms with van der Waals surface area (Å²) in [5.41, 5.74) is 1.95. The number of ether oxygens (including phenoxy) is 1. The summed E-state index contributed by atoms with van der Waals surface area (Å²) in [6.45, 7) is 4.10. The summed E-state index contributed by atoms with van der Waals surface area (Å²) >= 11 is 5.96. The molecular formula is C14H20ClNO2. The van der Waals surface area contributed by atoms with Crippen LogP contribution >= 0.6 is 11.6 Å². The van der Waals surface area contributed by atoms with E-state index in [4.69, 9.17) is 16.3 Å². The minimum Gasteiger partial charge on any atom is -0.392 e. The van der Waals surface area contributed by atoms with Crippen LogP contribution in [0.15, 0.2) is 18.2 Å². The maximum absolute atomic E-state index is 9.43. The minimum atomic E-state index is 0.0135. The smallest absolute Gasteiger partial charge is 0.0772 e. The van der Waals surface area contributed by atoms with Gasteiger partial charge >= 0.3 is 0 Å². The summed E-state index contributed by atoms with van der Waals surface area (Å²) in [5.74, 6) is 0.580. The van der Waals surface area contributed by atoms with Crippen LogP contribution in [0.4, 0.5) is 5.69 Å². The van der Waals surface area contributed by atoms with E-state index >= 15 is 0 Å². The number of hydrogen-bond donors (Lipinski definition) is 1. The van der Waals surface area contributed by atoms with Crippen molar-refractivity contribution >= 4 is 17.3 Å². The highest BCUT2D eigenvalue weighted by molar-refractivity contribution is 6.30. The molecule has 0 radical (unpaired) electrons. The monoisotopic (exact) mass is 269 g/mol. The normalized spacial score (nSPS) is 24.3. The average Bonchev–Trinajstić information content (AvgIpc) is 2.39. The van der Waals surface area contributed by atoms with Gasteiger partial charge in [0, 0.05) is 36.5 Å². The molecule has 3 nitrogen and oxygen atoms in total. The Morgan fingerprint density at radius 3 is 2.94 bits per heavy atom. The van der Waals surface area contributed by atoms with Gasteiger partial charge in [0.1, 0.15) is 0 Å². The molecule has 1 heterocycles.